The van der Waals surface area contributed by atoms with Crippen molar-refractivity contribution < 1.29 is 0 Å². The summed E-state index contributed by atoms with van der Waals surface area (Å²) in [6.07, 6.45) is 5.21. The van der Waals surface area contributed by atoms with Crippen molar-refractivity contribution in [1.82, 2.24) is 14.8 Å². The number of rotatable bonds is 3. The van der Waals surface area contributed by atoms with E-state index in [1.165, 1.54) is 6.20 Å². The fraction of sp³-hybridized carbons (Fsp3) is 0.400. The summed E-state index contributed by atoms with van der Waals surface area (Å²) >= 11 is 5.72. The van der Waals surface area contributed by atoms with Crippen molar-refractivity contribution in [3.63, 3.8) is 0 Å². The number of hydrogen-bond donors (Lipinski definition) is 1. The van der Waals surface area contributed by atoms with Gasteiger partial charge in [-0.1, -0.05) is 24.9 Å². The Balaban J connectivity index is 2.52. The lowest BCUT2D eigenvalue weighted by atomic mass is 10.3. The molecule has 5 heteroatoms. The molecule has 0 fully saturated rings. The molecule has 0 aliphatic heterocycles. The van der Waals surface area contributed by atoms with Crippen LogP contribution in [0.3, 0.4) is 0 Å². The highest BCUT2D eigenvalue weighted by molar-refractivity contribution is 6.30. The third-order valence-corrected chi connectivity index (χ3v) is 2.64. The van der Waals surface area contributed by atoms with Crippen LogP contribution >= 0.6 is 11.6 Å². The summed E-state index contributed by atoms with van der Waals surface area (Å²) in [6.45, 7) is 2.93. The van der Waals surface area contributed by atoms with Crippen LogP contribution in [0.15, 0.2) is 17.2 Å². The number of aromatic nitrogens is 3. The monoisotopic (exact) mass is 225 g/mol. The van der Waals surface area contributed by atoms with Crippen LogP contribution in [0.25, 0.3) is 11.0 Å². The smallest absolute Gasteiger partial charge is 0.211 e. The molecule has 0 aromatic carbocycles. The van der Waals surface area contributed by atoms with Crippen LogP contribution in [0.2, 0.25) is 5.02 Å². The van der Waals surface area contributed by atoms with Gasteiger partial charge < -0.3 is 4.98 Å². The van der Waals surface area contributed by atoms with Gasteiger partial charge in [0.05, 0.1) is 11.6 Å². The molecule has 0 aliphatic carbocycles. The van der Waals surface area contributed by atoms with E-state index in [2.05, 4.69) is 17.0 Å². The Morgan fingerprint density at radius 1 is 1.60 bits per heavy atom. The zero-order valence-corrected chi connectivity index (χ0v) is 9.21. The van der Waals surface area contributed by atoms with E-state index < -0.39 is 0 Å². The van der Waals surface area contributed by atoms with Gasteiger partial charge >= 0.3 is 0 Å². The Kier molecular flexibility index (Phi) is 2.77. The molecule has 0 aliphatic rings. The number of aryl methyl sites for hydroxylation is 1. The van der Waals surface area contributed by atoms with Gasteiger partial charge in [0.15, 0.2) is 0 Å². The van der Waals surface area contributed by atoms with Gasteiger partial charge in [0, 0.05) is 12.7 Å². The zero-order valence-electron chi connectivity index (χ0n) is 8.46. The van der Waals surface area contributed by atoms with Crippen molar-refractivity contribution in [3.8, 4) is 0 Å². The third kappa shape index (κ3) is 1.77. The van der Waals surface area contributed by atoms with Gasteiger partial charge in [0.25, 0.3) is 0 Å². The molecule has 2 aromatic heterocycles. The number of unbranched alkanes of at least 4 members (excludes halogenated alkanes) is 1. The second-order valence-corrected chi connectivity index (χ2v) is 3.86. The van der Waals surface area contributed by atoms with Gasteiger partial charge in [0.1, 0.15) is 10.7 Å². The van der Waals surface area contributed by atoms with Gasteiger partial charge in [-0.3, -0.25) is 4.79 Å². The molecule has 0 spiro atoms. The van der Waals surface area contributed by atoms with Crippen molar-refractivity contribution in [2.45, 2.75) is 26.3 Å². The van der Waals surface area contributed by atoms with E-state index >= 15 is 0 Å². The van der Waals surface area contributed by atoms with E-state index in [9.17, 15) is 4.79 Å². The molecule has 0 saturated carbocycles. The molecule has 0 amide bonds. The topological polar surface area (TPSA) is 50.7 Å². The van der Waals surface area contributed by atoms with Crippen molar-refractivity contribution in [2.75, 3.05) is 0 Å². The molecule has 1 N–H and O–H groups in total. The number of fused-ring (bicyclic) bond motifs is 1. The molecule has 0 radical (unpaired) electrons. The van der Waals surface area contributed by atoms with E-state index in [-0.39, 0.29) is 10.5 Å². The summed E-state index contributed by atoms with van der Waals surface area (Å²) in [4.78, 5) is 14.6. The molecule has 2 heterocycles. The highest BCUT2D eigenvalue weighted by Crippen LogP contribution is 2.10. The molecule has 0 bridgehead atoms. The average Bonchev–Trinajstić information content (AvgIpc) is 2.64. The Morgan fingerprint density at radius 3 is 3.13 bits per heavy atom. The zero-order chi connectivity index (χ0) is 10.8. The minimum absolute atomic E-state index is 0.159. The molecule has 80 valence electrons. The van der Waals surface area contributed by atoms with Crippen LogP contribution in [0.5, 0.6) is 0 Å². The third-order valence-electron chi connectivity index (χ3n) is 2.36. The number of nitrogens with zero attached hydrogens (tertiary/aromatic N) is 2. The Hall–Kier alpha value is -1.29. The largest absolute Gasteiger partial charge is 0.345 e. The minimum atomic E-state index is -0.159. The van der Waals surface area contributed by atoms with E-state index in [0.717, 1.165) is 25.0 Å². The maximum atomic E-state index is 11.6. The summed E-state index contributed by atoms with van der Waals surface area (Å²) < 4.78 is 1.80. The van der Waals surface area contributed by atoms with Crippen LogP contribution in [-0.4, -0.2) is 14.8 Å². The Labute approximate surface area is 91.9 Å². The van der Waals surface area contributed by atoms with Gasteiger partial charge in [-0.2, -0.15) is 5.10 Å². The molecule has 2 aromatic rings. The lowest BCUT2D eigenvalue weighted by Crippen LogP contribution is -2.05. The second kappa shape index (κ2) is 4.06. The van der Waals surface area contributed by atoms with Gasteiger partial charge in [-0.15, -0.1) is 0 Å². The number of H-pyrrole nitrogens is 1. The molecule has 2 rings (SSSR count). The first-order valence-corrected chi connectivity index (χ1v) is 5.34. The first-order chi connectivity index (χ1) is 7.24. The summed E-state index contributed by atoms with van der Waals surface area (Å²) in [5.74, 6) is 0. The highest BCUT2D eigenvalue weighted by Gasteiger charge is 2.07. The second-order valence-electron chi connectivity index (χ2n) is 3.45. The molecule has 0 saturated heterocycles. The fourth-order valence-electron chi connectivity index (χ4n) is 1.51. The van der Waals surface area contributed by atoms with Crippen molar-refractivity contribution in [1.29, 1.82) is 0 Å². The van der Waals surface area contributed by atoms with Crippen LogP contribution in [0, 0.1) is 0 Å². The van der Waals surface area contributed by atoms with Gasteiger partial charge in [0.2, 0.25) is 5.43 Å². The summed E-state index contributed by atoms with van der Waals surface area (Å²) in [6, 6.07) is 0. The van der Waals surface area contributed by atoms with Gasteiger partial charge in [-0.05, 0) is 6.42 Å². The summed E-state index contributed by atoms with van der Waals surface area (Å²) in [5.41, 5.74) is 0.589. The van der Waals surface area contributed by atoms with E-state index in [1.54, 1.807) is 10.9 Å². The van der Waals surface area contributed by atoms with E-state index in [4.69, 9.17) is 11.6 Å². The molecule has 15 heavy (non-hydrogen) atoms. The predicted octanol–water partition coefficient (Wildman–Crippen LogP) is 2.18. The quantitative estimate of drug-likeness (QED) is 0.871. The molecule has 4 nitrogen and oxygen atoms in total. The molecule has 0 unspecified atom stereocenters. The lowest BCUT2D eigenvalue weighted by molar-refractivity contribution is 0.584. The number of nitrogens with one attached hydrogen (secondary N) is 1. The SMILES string of the molecule is CCCCn1ncc2c(=O)c(Cl)c[nH]c21. The van der Waals surface area contributed by atoms with Gasteiger partial charge in [-0.25, -0.2) is 4.68 Å². The summed E-state index contributed by atoms with van der Waals surface area (Å²) in [5, 5.41) is 4.92. The van der Waals surface area contributed by atoms with Crippen molar-refractivity contribution in [2.24, 2.45) is 0 Å². The Morgan fingerprint density at radius 2 is 2.40 bits per heavy atom. The van der Waals surface area contributed by atoms with E-state index in [1.807, 2.05) is 0 Å². The molecular weight excluding hydrogens is 214 g/mol. The summed E-state index contributed by atoms with van der Waals surface area (Å²) in [7, 11) is 0. The fourth-order valence-corrected chi connectivity index (χ4v) is 1.66. The lowest BCUT2D eigenvalue weighted by Gasteiger charge is -2.01. The van der Waals surface area contributed by atoms with Crippen LogP contribution in [0.4, 0.5) is 0 Å². The van der Waals surface area contributed by atoms with Crippen molar-refractivity contribution >= 4 is 22.6 Å². The van der Waals surface area contributed by atoms with Crippen molar-refractivity contribution in [3.05, 3.63) is 27.6 Å². The Bertz CT molecular complexity index is 529. The predicted molar refractivity (Wildman–Crippen MR) is 60.3 cm³/mol. The standard InChI is InChI=1S/C10H12ClN3O/c1-2-3-4-14-10-7(5-13-14)9(15)8(11)6-12-10/h5-6H,2-4H2,1H3,(H,12,15). The maximum Gasteiger partial charge on any atom is 0.211 e. The number of halogens is 1. The highest BCUT2D eigenvalue weighted by atomic mass is 35.5. The minimum Gasteiger partial charge on any atom is -0.345 e. The van der Waals surface area contributed by atoms with Crippen LogP contribution in [-0.2, 0) is 6.54 Å². The number of aromatic amines is 1. The van der Waals surface area contributed by atoms with E-state index in [0.29, 0.717) is 5.39 Å². The normalized spacial score (nSPS) is 11.1. The van der Waals surface area contributed by atoms with Crippen LogP contribution in [0.1, 0.15) is 19.8 Å². The first-order valence-electron chi connectivity index (χ1n) is 4.96. The molecule has 0 atom stereocenters. The maximum absolute atomic E-state index is 11.6. The number of hydrogen-bond acceptors (Lipinski definition) is 2. The van der Waals surface area contributed by atoms with Crippen LogP contribution < -0.4 is 5.43 Å². The number of pyridine rings is 1. The average molecular weight is 226 g/mol. The first kappa shape index (κ1) is 10.2. The molecular formula is C10H12ClN3O.